The number of hydrogen-bond acceptors (Lipinski definition) is 4. The number of benzene rings is 1. The van der Waals surface area contributed by atoms with Gasteiger partial charge in [-0.05, 0) is 65.6 Å². The summed E-state index contributed by atoms with van der Waals surface area (Å²) in [4.78, 5) is 12.0. The van der Waals surface area contributed by atoms with Crippen LogP contribution in [0.4, 0.5) is 16.2 Å². The normalized spacial score (nSPS) is 19.2. The number of rotatable bonds is 5. The Bertz CT molecular complexity index is 519. The molecule has 2 atom stereocenters. The van der Waals surface area contributed by atoms with Crippen molar-refractivity contribution < 1.29 is 9.53 Å². The molecule has 0 aromatic heterocycles. The van der Waals surface area contributed by atoms with Crippen molar-refractivity contribution in [3.8, 4) is 0 Å². The fourth-order valence-corrected chi connectivity index (χ4v) is 2.84. The molecule has 1 amide bonds. The number of anilines is 2. The Morgan fingerprint density at radius 2 is 2.04 bits per heavy atom. The molecule has 0 spiro atoms. The minimum atomic E-state index is -0.506. The van der Waals surface area contributed by atoms with E-state index in [1.165, 1.54) is 12.8 Å². The molecule has 5 nitrogen and oxygen atoms in total. The van der Waals surface area contributed by atoms with Gasteiger partial charge in [0.05, 0.1) is 11.4 Å². The zero-order valence-electron chi connectivity index (χ0n) is 14.6. The molecule has 1 aliphatic heterocycles. The van der Waals surface area contributed by atoms with E-state index in [1.807, 2.05) is 45.0 Å². The predicted octanol–water partition coefficient (Wildman–Crippen LogP) is 3.98. The highest BCUT2D eigenvalue weighted by molar-refractivity contribution is 5.89. The predicted molar refractivity (Wildman–Crippen MR) is 95.0 cm³/mol. The van der Waals surface area contributed by atoms with Gasteiger partial charge in [0.1, 0.15) is 5.60 Å². The summed E-state index contributed by atoms with van der Waals surface area (Å²) in [6.07, 6.45) is 3.13. The zero-order chi connectivity index (χ0) is 16.9. The number of carbonyl (C=O) groups is 1. The van der Waals surface area contributed by atoms with Gasteiger partial charge in [-0.3, -0.25) is 5.32 Å². The highest BCUT2D eigenvalue weighted by Gasteiger charge is 2.19. The van der Waals surface area contributed by atoms with Gasteiger partial charge >= 0.3 is 6.09 Å². The molecule has 23 heavy (non-hydrogen) atoms. The largest absolute Gasteiger partial charge is 0.444 e. The van der Waals surface area contributed by atoms with Gasteiger partial charge in [0, 0.05) is 12.1 Å². The molecule has 2 unspecified atom stereocenters. The minimum Gasteiger partial charge on any atom is -0.444 e. The summed E-state index contributed by atoms with van der Waals surface area (Å²) in [5.41, 5.74) is 1.16. The molecule has 0 saturated carbocycles. The third-order valence-electron chi connectivity index (χ3n) is 3.77. The smallest absolute Gasteiger partial charge is 0.412 e. The van der Waals surface area contributed by atoms with E-state index in [0.29, 0.717) is 12.1 Å². The average Bonchev–Trinajstić information content (AvgIpc) is 2.91. The van der Waals surface area contributed by atoms with Crippen LogP contribution in [0.3, 0.4) is 0 Å². The molecule has 1 aliphatic rings. The van der Waals surface area contributed by atoms with Crippen molar-refractivity contribution >= 4 is 17.5 Å². The van der Waals surface area contributed by atoms with Crippen LogP contribution < -0.4 is 16.0 Å². The van der Waals surface area contributed by atoms with Crippen LogP contribution in [0.25, 0.3) is 0 Å². The van der Waals surface area contributed by atoms with Crippen molar-refractivity contribution in [3.63, 3.8) is 0 Å². The van der Waals surface area contributed by atoms with Gasteiger partial charge in [0.15, 0.2) is 0 Å². The van der Waals surface area contributed by atoms with Gasteiger partial charge < -0.3 is 15.4 Å². The van der Waals surface area contributed by atoms with Crippen molar-refractivity contribution in [2.45, 2.75) is 64.6 Å². The molecule has 0 bridgehead atoms. The van der Waals surface area contributed by atoms with E-state index >= 15 is 0 Å². The van der Waals surface area contributed by atoms with Gasteiger partial charge in [0.2, 0.25) is 0 Å². The Morgan fingerprint density at radius 1 is 1.35 bits per heavy atom. The summed E-state index contributed by atoms with van der Waals surface area (Å²) in [6, 6.07) is 8.64. The maximum Gasteiger partial charge on any atom is 0.412 e. The summed E-state index contributed by atoms with van der Waals surface area (Å²) in [7, 11) is 0. The molecule has 1 fully saturated rings. The van der Waals surface area contributed by atoms with Crippen LogP contribution in [-0.4, -0.2) is 30.3 Å². The second-order valence-corrected chi connectivity index (χ2v) is 7.25. The van der Waals surface area contributed by atoms with Crippen LogP contribution in [0.15, 0.2) is 24.3 Å². The van der Waals surface area contributed by atoms with Gasteiger partial charge in [0.25, 0.3) is 0 Å². The molecule has 2 rings (SSSR count). The van der Waals surface area contributed by atoms with E-state index in [9.17, 15) is 4.79 Å². The molecule has 3 N–H and O–H groups in total. The lowest BCUT2D eigenvalue weighted by Crippen LogP contribution is -2.30. The zero-order valence-corrected chi connectivity index (χ0v) is 14.6. The lowest BCUT2D eigenvalue weighted by Gasteiger charge is -2.23. The van der Waals surface area contributed by atoms with Crippen LogP contribution in [-0.2, 0) is 4.74 Å². The van der Waals surface area contributed by atoms with Crippen molar-refractivity contribution in [3.05, 3.63) is 24.3 Å². The summed E-state index contributed by atoms with van der Waals surface area (Å²) in [5.74, 6) is 0. The third kappa shape index (κ3) is 6.10. The average molecular weight is 319 g/mol. The van der Waals surface area contributed by atoms with Crippen molar-refractivity contribution in [1.29, 1.82) is 0 Å². The Labute approximate surface area is 139 Å². The molecule has 1 saturated heterocycles. The summed E-state index contributed by atoms with van der Waals surface area (Å²) >= 11 is 0. The second-order valence-electron chi connectivity index (χ2n) is 7.25. The number of hydrogen-bond donors (Lipinski definition) is 3. The number of amides is 1. The summed E-state index contributed by atoms with van der Waals surface area (Å²) < 4.78 is 5.32. The van der Waals surface area contributed by atoms with Gasteiger partial charge in [-0.1, -0.05) is 12.1 Å². The Balaban J connectivity index is 1.95. The molecule has 0 radical (unpaired) electrons. The summed E-state index contributed by atoms with van der Waals surface area (Å²) in [6.45, 7) is 8.85. The Kier molecular flexibility index (Phi) is 5.88. The molecule has 1 aromatic carbocycles. The van der Waals surface area contributed by atoms with E-state index < -0.39 is 11.7 Å². The fourth-order valence-electron chi connectivity index (χ4n) is 2.84. The van der Waals surface area contributed by atoms with E-state index in [1.54, 1.807) is 0 Å². The molecule has 5 heteroatoms. The number of nitrogens with one attached hydrogen (secondary N) is 3. The van der Waals surface area contributed by atoms with Crippen LogP contribution in [0.5, 0.6) is 0 Å². The molecular weight excluding hydrogens is 290 g/mol. The van der Waals surface area contributed by atoms with Crippen molar-refractivity contribution in [2.75, 3.05) is 17.2 Å². The number of carbonyl (C=O) groups excluding carboxylic acids is 1. The maximum absolute atomic E-state index is 12.0. The van der Waals surface area contributed by atoms with E-state index in [4.69, 9.17) is 4.74 Å². The fraction of sp³-hybridized carbons (Fsp3) is 0.611. The monoisotopic (exact) mass is 319 g/mol. The first-order chi connectivity index (χ1) is 10.8. The number of para-hydroxylation sites is 2. The highest BCUT2D eigenvalue weighted by Crippen LogP contribution is 2.24. The first-order valence-corrected chi connectivity index (χ1v) is 8.42. The molecule has 1 aromatic rings. The first kappa shape index (κ1) is 17.6. The van der Waals surface area contributed by atoms with E-state index in [2.05, 4.69) is 22.9 Å². The van der Waals surface area contributed by atoms with Gasteiger partial charge in [-0.2, -0.15) is 0 Å². The van der Waals surface area contributed by atoms with E-state index in [-0.39, 0.29) is 0 Å². The SMILES string of the molecule is CC(CC1CCCN1)Nc1ccccc1NC(=O)OC(C)(C)C. The second kappa shape index (κ2) is 7.68. The Hall–Kier alpha value is -1.75. The van der Waals surface area contributed by atoms with Crippen LogP contribution in [0.1, 0.15) is 47.0 Å². The van der Waals surface area contributed by atoms with Crippen LogP contribution in [0.2, 0.25) is 0 Å². The van der Waals surface area contributed by atoms with Crippen LogP contribution in [0, 0.1) is 0 Å². The lowest BCUT2D eigenvalue weighted by molar-refractivity contribution is 0.0636. The molecular formula is C18H29N3O2. The Morgan fingerprint density at radius 3 is 2.65 bits per heavy atom. The lowest BCUT2D eigenvalue weighted by atomic mass is 10.1. The minimum absolute atomic E-state index is 0.326. The standard InChI is InChI=1S/C18H29N3O2/c1-13(12-14-8-7-11-19-14)20-15-9-5-6-10-16(15)21-17(22)23-18(2,3)4/h5-6,9-10,13-14,19-20H,7-8,11-12H2,1-4H3,(H,21,22). The maximum atomic E-state index is 12.0. The molecule has 1 heterocycles. The van der Waals surface area contributed by atoms with Crippen molar-refractivity contribution in [2.24, 2.45) is 0 Å². The van der Waals surface area contributed by atoms with Gasteiger partial charge in [-0.15, -0.1) is 0 Å². The highest BCUT2D eigenvalue weighted by atomic mass is 16.6. The van der Waals surface area contributed by atoms with Gasteiger partial charge in [-0.25, -0.2) is 4.79 Å². The number of ether oxygens (including phenoxy) is 1. The van der Waals surface area contributed by atoms with E-state index in [0.717, 1.165) is 24.3 Å². The molecule has 0 aliphatic carbocycles. The quantitative estimate of drug-likeness (QED) is 0.768. The first-order valence-electron chi connectivity index (χ1n) is 8.42. The van der Waals surface area contributed by atoms with Crippen molar-refractivity contribution in [1.82, 2.24) is 5.32 Å². The topological polar surface area (TPSA) is 62.4 Å². The third-order valence-corrected chi connectivity index (χ3v) is 3.77. The molecule has 128 valence electrons. The van der Waals surface area contributed by atoms with Crippen LogP contribution >= 0.6 is 0 Å². The summed E-state index contributed by atoms with van der Waals surface area (Å²) in [5, 5.41) is 9.84.